The van der Waals surface area contributed by atoms with E-state index < -0.39 is 0 Å². The molecular formula is C15H32N2O2. The van der Waals surface area contributed by atoms with Gasteiger partial charge in [0.05, 0.1) is 17.8 Å². The molecule has 114 valence electrons. The molecular weight excluding hydrogens is 240 g/mol. The maximum atomic E-state index is 9.23. The Labute approximate surface area is 118 Å². The molecule has 0 aromatic rings. The molecule has 2 N–H and O–H groups in total. The molecule has 4 heteroatoms. The molecule has 19 heavy (non-hydrogen) atoms. The number of aliphatic hydroxyl groups excluding tert-OH is 1. The fourth-order valence-corrected chi connectivity index (χ4v) is 3.52. The number of rotatable bonds is 6. The summed E-state index contributed by atoms with van der Waals surface area (Å²) in [7, 11) is 2.01. The molecule has 0 bridgehead atoms. The van der Waals surface area contributed by atoms with Crippen LogP contribution in [-0.2, 0) is 4.74 Å². The Morgan fingerprint density at radius 3 is 2.21 bits per heavy atom. The predicted molar refractivity (Wildman–Crippen MR) is 79.4 cm³/mol. The van der Waals surface area contributed by atoms with Crippen molar-refractivity contribution in [3.63, 3.8) is 0 Å². The molecule has 1 fully saturated rings. The highest BCUT2D eigenvalue weighted by molar-refractivity contribution is 5.05. The van der Waals surface area contributed by atoms with Crippen molar-refractivity contribution in [3.8, 4) is 0 Å². The van der Waals surface area contributed by atoms with Crippen molar-refractivity contribution in [2.45, 2.75) is 64.8 Å². The molecule has 0 aromatic heterocycles. The van der Waals surface area contributed by atoms with Crippen molar-refractivity contribution in [2.24, 2.45) is 5.92 Å². The Kier molecular flexibility index (Phi) is 5.41. The minimum absolute atomic E-state index is 0.153. The van der Waals surface area contributed by atoms with Gasteiger partial charge in [-0.3, -0.25) is 4.90 Å². The van der Waals surface area contributed by atoms with Crippen LogP contribution in [0, 0.1) is 5.92 Å². The normalized spacial score (nSPS) is 29.4. The van der Waals surface area contributed by atoms with Crippen LogP contribution in [0.2, 0.25) is 0 Å². The summed E-state index contributed by atoms with van der Waals surface area (Å²) in [5.41, 5.74) is -0.315. The topological polar surface area (TPSA) is 44.7 Å². The summed E-state index contributed by atoms with van der Waals surface area (Å²) in [6.07, 6.45) is 0. The van der Waals surface area contributed by atoms with Crippen molar-refractivity contribution in [1.82, 2.24) is 10.2 Å². The third-order valence-corrected chi connectivity index (χ3v) is 4.43. The molecule has 1 aliphatic rings. The number of hydrogen-bond donors (Lipinski definition) is 2. The minimum Gasteiger partial charge on any atom is -0.395 e. The Balaban J connectivity index is 2.89. The van der Waals surface area contributed by atoms with Crippen LogP contribution in [-0.4, -0.2) is 60.0 Å². The summed E-state index contributed by atoms with van der Waals surface area (Å²) in [6.45, 7) is 14.9. The van der Waals surface area contributed by atoms with Gasteiger partial charge in [0.15, 0.2) is 0 Å². The summed E-state index contributed by atoms with van der Waals surface area (Å²) >= 11 is 0. The van der Waals surface area contributed by atoms with Crippen LogP contribution in [0.15, 0.2) is 0 Å². The van der Waals surface area contributed by atoms with Crippen molar-refractivity contribution in [3.05, 3.63) is 0 Å². The number of nitrogens with zero attached hydrogens (tertiary/aromatic N) is 1. The highest BCUT2D eigenvalue weighted by atomic mass is 16.5. The minimum atomic E-state index is -0.162. The molecule has 1 heterocycles. The van der Waals surface area contributed by atoms with E-state index in [1.54, 1.807) is 0 Å². The summed E-state index contributed by atoms with van der Waals surface area (Å²) < 4.78 is 6.26. The molecule has 2 unspecified atom stereocenters. The lowest BCUT2D eigenvalue weighted by Crippen LogP contribution is -2.51. The maximum absolute atomic E-state index is 9.23. The van der Waals surface area contributed by atoms with E-state index in [0.717, 1.165) is 13.1 Å². The summed E-state index contributed by atoms with van der Waals surface area (Å²) in [4.78, 5) is 2.33. The van der Waals surface area contributed by atoms with Gasteiger partial charge in [0.25, 0.3) is 0 Å². The third-order valence-electron chi connectivity index (χ3n) is 4.43. The summed E-state index contributed by atoms with van der Waals surface area (Å²) in [5, 5.41) is 12.7. The predicted octanol–water partition coefficient (Wildman–Crippen LogP) is 1.48. The summed E-state index contributed by atoms with van der Waals surface area (Å²) in [5.74, 6) is 0.404. The molecule has 1 aliphatic heterocycles. The fourth-order valence-electron chi connectivity index (χ4n) is 3.52. The van der Waals surface area contributed by atoms with E-state index >= 15 is 0 Å². The van der Waals surface area contributed by atoms with Crippen LogP contribution < -0.4 is 5.32 Å². The van der Waals surface area contributed by atoms with Crippen LogP contribution in [0.3, 0.4) is 0 Å². The van der Waals surface area contributed by atoms with Crippen LogP contribution in [0.4, 0.5) is 0 Å². The van der Waals surface area contributed by atoms with Crippen LogP contribution in [0.1, 0.15) is 41.5 Å². The van der Waals surface area contributed by atoms with E-state index in [1.807, 2.05) is 7.05 Å². The first kappa shape index (κ1) is 16.9. The molecule has 0 spiro atoms. The van der Waals surface area contributed by atoms with Gasteiger partial charge in [0.2, 0.25) is 0 Å². The molecule has 2 atom stereocenters. The lowest BCUT2D eigenvalue weighted by Gasteiger charge is -2.36. The van der Waals surface area contributed by atoms with Crippen molar-refractivity contribution >= 4 is 0 Å². The number of hydrogen-bond acceptors (Lipinski definition) is 4. The van der Waals surface area contributed by atoms with Gasteiger partial charge in [0.1, 0.15) is 0 Å². The zero-order valence-electron chi connectivity index (χ0n) is 13.7. The van der Waals surface area contributed by atoms with Gasteiger partial charge in [-0.25, -0.2) is 0 Å². The molecule has 0 saturated carbocycles. The smallest absolute Gasteiger partial charge is 0.0790 e. The lowest BCUT2D eigenvalue weighted by molar-refractivity contribution is -0.0801. The fraction of sp³-hybridized carbons (Fsp3) is 1.00. The second-order valence-electron chi connectivity index (χ2n) is 6.99. The van der Waals surface area contributed by atoms with Gasteiger partial charge in [0, 0.05) is 31.1 Å². The zero-order chi connectivity index (χ0) is 14.8. The monoisotopic (exact) mass is 272 g/mol. The average Bonchev–Trinajstić information content (AvgIpc) is 2.42. The van der Waals surface area contributed by atoms with E-state index in [4.69, 9.17) is 4.74 Å². The van der Waals surface area contributed by atoms with Gasteiger partial charge >= 0.3 is 0 Å². The molecule has 0 amide bonds. The number of likely N-dealkylation sites (N-methyl/N-ethyl adjacent to an activating group) is 1. The van der Waals surface area contributed by atoms with Crippen molar-refractivity contribution in [2.75, 3.05) is 26.7 Å². The van der Waals surface area contributed by atoms with E-state index in [9.17, 15) is 5.11 Å². The lowest BCUT2D eigenvalue weighted by atomic mass is 9.82. The Bertz CT molecular complexity index is 290. The van der Waals surface area contributed by atoms with E-state index in [1.165, 1.54) is 0 Å². The van der Waals surface area contributed by atoms with E-state index in [2.05, 4.69) is 51.8 Å². The highest BCUT2D eigenvalue weighted by Crippen LogP contribution is 2.42. The van der Waals surface area contributed by atoms with Crippen LogP contribution in [0.25, 0.3) is 0 Å². The molecule has 0 aliphatic carbocycles. The molecule has 4 nitrogen and oxygen atoms in total. The van der Waals surface area contributed by atoms with Gasteiger partial charge < -0.3 is 15.2 Å². The number of ether oxygens (including phenoxy) is 1. The molecule has 0 aromatic carbocycles. The standard InChI is InChI=1S/C15H32N2O2/c1-11(2)17(8-9-18)10-12-13(16-7)15(5,6)19-14(12,3)4/h11-13,16,18H,8-10H2,1-7H3. The SMILES string of the molecule is CNC1C(CN(CCO)C(C)C)C(C)(C)OC1(C)C. The first-order valence-corrected chi connectivity index (χ1v) is 7.38. The number of aliphatic hydroxyl groups is 1. The van der Waals surface area contributed by atoms with Crippen molar-refractivity contribution < 1.29 is 9.84 Å². The van der Waals surface area contributed by atoms with Crippen LogP contribution >= 0.6 is 0 Å². The Morgan fingerprint density at radius 2 is 1.79 bits per heavy atom. The van der Waals surface area contributed by atoms with E-state index in [0.29, 0.717) is 18.0 Å². The molecule has 1 rings (SSSR count). The third kappa shape index (κ3) is 3.69. The quantitative estimate of drug-likeness (QED) is 0.769. The first-order valence-electron chi connectivity index (χ1n) is 7.38. The zero-order valence-corrected chi connectivity index (χ0v) is 13.7. The highest BCUT2D eigenvalue weighted by Gasteiger charge is 2.53. The van der Waals surface area contributed by atoms with Crippen LogP contribution in [0.5, 0.6) is 0 Å². The van der Waals surface area contributed by atoms with Gasteiger partial charge in [-0.05, 0) is 48.6 Å². The maximum Gasteiger partial charge on any atom is 0.0790 e. The van der Waals surface area contributed by atoms with Gasteiger partial charge in [-0.2, -0.15) is 0 Å². The second kappa shape index (κ2) is 6.08. The van der Waals surface area contributed by atoms with Gasteiger partial charge in [-0.1, -0.05) is 0 Å². The van der Waals surface area contributed by atoms with Crippen molar-refractivity contribution in [1.29, 1.82) is 0 Å². The Morgan fingerprint density at radius 1 is 1.21 bits per heavy atom. The first-order chi connectivity index (χ1) is 8.65. The van der Waals surface area contributed by atoms with E-state index in [-0.39, 0.29) is 17.8 Å². The largest absolute Gasteiger partial charge is 0.395 e. The Hall–Kier alpha value is -0.160. The molecule has 1 saturated heterocycles. The van der Waals surface area contributed by atoms with Gasteiger partial charge in [-0.15, -0.1) is 0 Å². The number of nitrogens with one attached hydrogen (secondary N) is 1. The molecule has 0 radical (unpaired) electrons. The average molecular weight is 272 g/mol. The second-order valence-corrected chi connectivity index (χ2v) is 6.99. The summed E-state index contributed by atoms with van der Waals surface area (Å²) in [6, 6.07) is 0.756.